The minimum Gasteiger partial charge on any atom is -0.493 e. The summed E-state index contributed by atoms with van der Waals surface area (Å²) >= 11 is 0. The third-order valence-electron chi connectivity index (χ3n) is 3.17. The van der Waals surface area contributed by atoms with Gasteiger partial charge in [0.1, 0.15) is 5.75 Å². The smallest absolute Gasteiger partial charge is 0.161 e. The van der Waals surface area contributed by atoms with E-state index in [9.17, 15) is 0 Å². The molecule has 1 unspecified atom stereocenters. The van der Waals surface area contributed by atoms with Crippen molar-refractivity contribution in [1.82, 2.24) is 4.98 Å². The van der Waals surface area contributed by atoms with Crippen LogP contribution in [-0.2, 0) is 0 Å². The Morgan fingerprint density at radius 3 is 2.48 bits per heavy atom. The maximum Gasteiger partial charge on any atom is 0.161 e. The Morgan fingerprint density at radius 1 is 1.05 bits per heavy atom. The Balaban J connectivity index is 2.30. The molecule has 0 fully saturated rings. The van der Waals surface area contributed by atoms with Crippen LogP contribution in [-0.4, -0.2) is 25.8 Å². The van der Waals surface area contributed by atoms with E-state index < -0.39 is 0 Å². The van der Waals surface area contributed by atoms with Gasteiger partial charge in [0, 0.05) is 6.20 Å². The molecule has 0 spiro atoms. The Bertz CT molecular complexity index is 602. The molecule has 5 nitrogen and oxygen atoms in total. The minimum atomic E-state index is -0.308. The van der Waals surface area contributed by atoms with Crippen molar-refractivity contribution in [3.8, 4) is 17.2 Å². The average molecular weight is 288 g/mol. The molecular formula is C16H20N2O3. The van der Waals surface area contributed by atoms with Gasteiger partial charge in [0.05, 0.1) is 33.1 Å². The van der Waals surface area contributed by atoms with Gasteiger partial charge in [0.25, 0.3) is 0 Å². The molecule has 21 heavy (non-hydrogen) atoms. The molecule has 2 rings (SSSR count). The monoisotopic (exact) mass is 288 g/mol. The van der Waals surface area contributed by atoms with Crippen molar-refractivity contribution < 1.29 is 14.2 Å². The third-order valence-corrected chi connectivity index (χ3v) is 3.17. The van der Waals surface area contributed by atoms with Crippen LogP contribution < -0.4 is 19.9 Å². The maximum absolute atomic E-state index is 6.30. The van der Waals surface area contributed by atoms with E-state index in [2.05, 4.69) is 4.98 Å². The fraction of sp³-hybridized carbons (Fsp3) is 0.312. The summed E-state index contributed by atoms with van der Waals surface area (Å²) in [4.78, 5) is 4.17. The molecular weight excluding hydrogens is 268 g/mol. The first kappa shape index (κ1) is 15.1. The van der Waals surface area contributed by atoms with E-state index in [-0.39, 0.29) is 6.04 Å². The van der Waals surface area contributed by atoms with Gasteiger partial charge in [-0.3, -0.25) is 4.98 Å². The lowest BCUT2D eigenvalue weighted by atomic mass is 10.0. The van der Waals surface area contributed by atoms with Crippen molar-refractivity contribution in [2.45, 2.75) is 13.0 Å². The minimum absolute atomic E-state index is 0.308. The molecule has 0 amide bonds. The molecule has 0 bridgehead atoms. The highest BCUT2D eigenvalue weighted by Crippen LogP contribution is 2.31. The fourth-order valence-corrected chi connectivity index (χ4v) is 2.09. The maximum atomic E-state index is 6.30. The number of hydrogen-bond donors (Lipinski definition) is 1. The lowest BCUT2D eigenvalue weighted by Crippen LogP contribution is -2.12. The van der Waals surface area contributed by atoms with Crippen molar-refractivity contribution in [2.75, 3.05) is 20.8 Å². The highest BCUT2D eigenvalue weighted by atomic mass is 16.5. The molecule has 1 aromatic carbocycles. The zero-order valence-corrected chi connectivity index (χ0v) is 12.5. The Labute approximate surface area is 124 Å². The standard InChI is InChI=1S/C16H20N2O3/c1-4-21-13-7-12(9-18-10-13)16(17)11-5-6-14(19-2)15(8-11)20-3/h5-10,16H,4,17H2,1-3H3. The number of nitrogens with zero attached hydrogens (tertiary/aromatic N) is 1. The number of ether oxygens (including phenoxy) is 3. The van der Waals surface area contributed by atoms with Gasteiger partial charge in [-0.15, -0.1) is 0 Å². The second-order valence-electron chi connectivity index (χ2n) is 4.48. The number of pyridine rings is 1. The number of nitrogens with two attached hydrogens (primary N) is 1. The van der Waals surface area contributed by atoms with Gasteiger partial charge in [-0.25, -0.2) is 0 Å². The van der Waals surface area contributed by atoms with Crippen LogP contribution in [0.2, 0.25) is 0 Å². The summed E-state index contributed by atoms with van der Waals surface area (Å²) in [5.74, 6) is 2.04. The SMILES string of the molecule is CCOc1cncc(C(N)c2ccc(OC)c(OC)c2)c1. The van der Waals surface area contributed by atoms with Gasteiger partial charge in [-0.1, -0.05) is 6.07 Å². The summed E-state index contributed by atoms with van der Waals surface area (Å²) in [6, 6.07) is 7.22. The summed E-state index contributed by atoms with van der Waals surface area (Å²) < 4.78 is 16.0. The van der Waals surface area contributed by atoms with Crippen LogP contribution >= 0.6 is 0 Å². The van der Waals surface area contributed by atoms with E-state index in [0.29, 0.717) is 23.9 Å². The molecule has 2 aromatic rings. The third kappa shape index (κ3) is 3.44. The van der Waals surface area contributed by atoms with Crippen LogP contribution in [0.25, 0.3) is 0 Å². The molecule has 2 N–H and O–H groups in total. The number of methoxy groups -OCH3 is 2. The largest absolute Gasteiger partial charge is 0.493 e. The number of rotatable bonds is 6. The van der Waals surface area contributed by atoms with Crippen molar-refractivity contribution >= 4 is 0 Å². The summed E-state index contributed by atoms with van der Waals surface area (Å²) in [6.45, 7) is 2.53. The van der Waals surface area contributed by atoms with E-state index in [4.69, 9.17) is 19.9 Å². The average Bonchev–Trinajstić information content (AvgIpc) is 2.54. The van der Waals surface area contributed by atoms with Crippen LogP contribution in [0.5, 0.6) is 17.2 Å². The van der Waals surface area contributed by atoms with Crippen LogP contribution in [0, 0.1) is 0 Å². The Hall–Kier alpha value is -2.27. The molecule has 0 aliphatic heterocycles. The first-order valence-electron chi connectivity index (χ1n) is 6.74. The Morgan fingerprint density at radius 2 is 1.81 bits per heavy atom. The highest BCUT2D eigenvalue weighted by Gasteiger charge is 2.13. The number of hydrogen-bond acceptors (Lipinski definition) is 5. The van der Waals surface area contributed by atoms with Crippen LogP contribution in [0.1, 0.15) is 24.1 Å². The first-order valence-corrected chi connectivity index (χ1v) is 6.74. The predicted octanol–water partition coefficient (Wildman–Crippen LogP) is 2.55. The van der Waals surface area contributed by atoms with Gasteiger partial charge in [-0.2, -0.15) is 0 Å². The normalized spacial score (nSPS) is 11.8. The topological polar surface area (TPSA) is 66.6 Å². The molecule has 1 aromatic heterocycles. The second-order valence-corrected chi connectivity index (χ2v) is 4.48. The van der Waals surface area contributed by atoms with Gasteiger partial charge in [0.2, 0.25) is 0 Å². The molecule has 1 heterocycles. The quantitative estimate of drug-likeness (QED) is 0.884. The van der Waals surface area contributed by atoms with Crippen molar-refractivity contribution in [3.05, 3.63) is 47.8 Å². The van der Waals surface area contributed by atoms with E-state index >= 15 is 0 Å². The van der Waals surface area contributed by atoms with E-state index in [1.54, 1.807) is 26.6 Å². The zero-order valence-electron chi connectivity index (χ0n) is 12.5. The van der Waals surface area contributed by atoms with E-state index in [1.165, 1.54) is 0 Å². The first-order chi connectivity index (χ1) is 10.2. The molecule has 0 saturated heterocycles. The molecule has 5 heteroatoms. The molecule has 0 radical (unpaired) electrons. The summed E-state index contributed by atoms with van der Waals surface area (Å²) in [5, 5.41) is 0. The number of benzene rings is 1. The van der Waals surface area contributed by atoms with Gasteiger partial charge < -0.3 is 19.9 Å². The lowest BCUT2D eigenvalue weighted by molar-refractivity contribution is 0.338. The number of aromatic nitrogens is 1. The van der Waals surface area contributed by atoms with Gasteiger partial charge >= 0.3 is 0 Å². The Kier molecular flexibility index (Phi) is 5.00. The molecule has 112 valence electrons. The van der Waals surface area contributed by atoms with E-state index in [1.807, 2.05) is 31.2 Å². The molecule has 0 aliphatic rings. The van der Waals surface area contributed by atoms with Crippen molar-refractivity contribution in [3.63, 3.8) is 0 Å². The van der Waals surface area contributed by atoms with Crippen molar-refractivity contribution in [1.29, 1.82) is 0 Å². The van der Waals surface area contributed by atoms with Crippen LogP contribution in [0.3, 0.4) is 0 Å². The fourth-order valence-electron chi connectivity index (χ4n) is 2.09. The van der Waals surface area contributed by atoms with Gasteiger partial charge in [-0.05, 0) is 36.2 Å². The zero-order chi connectivity index (χ0) is 15.2. The van der Waals surface area contributed by atoms with Crippen LogP contribution in [0.4, 0.5) is 0 Å². The summed E-state index contributed by atoms with van der Waals surface area (Å²) in [6.07, 6.45) is 3.41. The molecule has 0 saturated carbocycles. The summed E-state index contributed by atoms with van der Waals surface area (Å²) in [5.41, 5.74) is 8.11. The predicted molar refractivity (Wildman–Crippen MR) is 81.0 cm³/mol. The summed E-state index contributed by atoms with van der Waals surface area (Å²) in [7, 11) is 3.21. The second kappa shape index (κ2) is 6.95. The van der Waals surface area contributed by atoms with Crippen LogP contribution in [0.15, 0.2) is 36.7 Å². The van der Waals surface area contributed by atoms with Crippen molar-refractivity contribution in [2.24, 2.45) is 5.73 Å². The lowest BCUT2D eigenvalue weighted by Gasteiger charge is -2.16. The molecule has 1 atom stereocenters. The highest BCUT2D eigenvalue weighted by molar-refractivity contribution is 5.46. The molecule has 0 aliphatic carbocycles. The van der Waals surface area contributed by atoms with Gasteiger partial charge in [0.15, 0.2) is 11.5 Å². The van der Waals surface area contributed by atoms with E-state index in [0.717, 1.165) is 11.1 Å².